The van der Waals surface area contributed by atoms with Gasteiger partial charge in [0.25, 0.3) is 0 Å². The summed E-state index contributed by atoms with van der Waals surface area (Å²) in [6.45, 7) is 3.00. The number of hydrogen-bond donors (Lipinski definition) is 2. The summed E-state index contributed by atoms with van der Waals surface area (Å²) < 4.78 is 0. The lowest BCUT2D eigenvalue weighted by atomic mass is 9.82. The molecular weight excluding hydrogens is 266 g/mol. The normalized spacial score (nSPS) is 23.1. The smallest absolute Gasteiger partial charge is 0.317 e. The van der Waals surface area contributed by atoms with Crippen LogP contribution in [0.5, 0.6) is 0 Å². The number of nitrogens with one attached hydrogen (secondary N) is 1. The van der Waals surface area contributed by atoms with Gasteiger partial charge in [0.15, 0.2) is 0 Å². The zero-order valence-electron chi connectivity index (χ0n) is 10.8. The molecule has 1 fully saturated rings. The molecule has 1 aliphatic rings. The Bertz CT molecular complexity index is 463. The van der Waals surface area contributed by atoms with Crippen molar-refractivity contribution in [3.63, 3.8) is 0 Å². The first kappa shape index (κ1) is 13.8. The van der Waals surface area contributed by atoms with Gasteiger partial charge < -0.3 is 15.3 Å². The number of carboxylic acid groups (broad SMARTS) is 1. The molecule has 2 amide bonds. The highest BCUT2D eigenvalue weighted by Gasteiger charge is 2.39. The Balaban J connectivity index is 1.90. The number of carboxylic acids is 1. The SMILES string of the molecule is CC1(C(=O)O)CCCN(C(=O)NCc2cncs2)C1. The Morgan fingerprint density at radius 1 is 1.63 bits per heavy atom. The lowest BCUT2D eigenvalue weighted by Gasteiger charge is -2.37. The summed E-state index contributed by atoms with van der Waals surface area (Å²) in [5, 5.41) is 12.0. The molecule has 104 valence electrons. The molecule has 1 aliphatic heterocycles. The molecule has 0 bridgehead atoms. The molecule has 1 aromatic heterocycles. The van der Waals surface area contributed by atoms with E-state index in [1.165, 1.54) is 11.3 Å². The van der Waals surface area contributed by atoms with Gasteiger partial charge in [0.2, 0.25) is 0 Å². The zero-order chi connectivity index (χ0) is 13.9. The number of aromatic nitrogens is 1. The average Bonchev–Trinajstić information content (AvgIpc) is 2.89. The summed E-state index contributed by atoms with van der Waals surface area (Å²) >= 11 is 1.48. The van der Waals surface area contributed by atoms with Gasteiger partial charge in [-0.05, 0) is 19.8 Å². The number of rotatable bonds is 3. The minimum absolute atomic E-state index is 0.208. The summed E-state index contributed by atoms with van der Waals surface area (Å²) in [5.41, 5.74) is 0.879. The molecule has 0 spiro atoms. The quantitative estimate of drug-likeness (QED) is 0.881. The molecule has 1 aromatic rings. The molecule has 19 heavy (non-hydrogen) atoms. The maximum Gasteiger partial charge on any atom is 0.317 e. The lowest BCUT2D eigenvalue weighted by molar-refractivity contribution is -0.150. The van der Waals surface area contributed by atoms with Crippen molar-refractivity contribution in [3.05, 3.63) is 16.6 Å². The second-order valence-corrected chi connectivity index (χ2v) is 5.99. The van der Waals surface area contributed by atoms with Crippen LogP contribution in [-0.4, -0.2) is 40.1 Å². The Morgan fingerprint density at radius 3 is 3.05 bits per heavy atom. The Kier molecular flexibility index (Phi) is 4.04. The van der Waals surface area contributed by atoms with Crippen molar-refractivity contribution in [2.45, 2.75) is 26.3 Å². The van der Waals surface area contributed by atoms with Crippen molar-refractivity contribution in [2.24, 2.45) is 5.41 Å². The number of carbonyl (C=O) groups is 2. The Morgan fingerprint density at radius 2 is 2.42 bits per heavy atom. The van der Waals surface area contributed by atoms with E-state index in [-0.39, 0.29) is 12.6 Å². The van der Waals surface area contributed by atoms with Crippen molar-refractivity contribution < 1.29 is 14.7 Å². The van der Waals surface area contributed by atoms with Gasteiger partial charge in [0.1, 0.15) is 0 Å². The third-order valence-corrected chi connectivity index (χ3v) is 4.18. The van der Waals surface area contributed by atoms with Gasteiger partial charge in [0.05, 0.1) is 17.5 Å². The topological polar surface area (TPSA) is 82.5 Å². The lowest BCUT2D eigenvalue weighted by Crippen LogP contribution is -2.51. The molecule has 0 radical (unpaired) electrons. The van der Waals surface area contributed by atoms with Gasteiger partial charge in [0, 0.05) is 24.2 Å². The number of hydrogen-bond acceptors (Lipinski definition) is 4. The van der Waals surface area contributed by atoms with E-state index in [0.717, 1.165) is 11.3 Å². The van der Waals surface area contributed by atoms with Gasteiger partial charge >= 0.3 is 12.0 Å². The third kappa shape index (κ3) is 3.23. The van der Waals surface area contributed by atoms with Crippen LogP contribution in [0, 0.1) is 5.41 Å². The summed E-state index contributed by atoms with van der Waals surface area (Å²) in [4.78, 5) is 29.7. The largest absolute Gasteiger partial charge is 0.481 e. The van der Waals surface area contributed by atoms with E-state index >= 15 is 0 Å². The molecule has 2 rings (SSSR count). The Hall–Kier alpha value is -1.63. The third-order valence-electron chi connectivity index (χ3n) is 3.40. The van der Waals surface area contributed by atoms with Crippen LogP contribution in [0.1, 0.15) is 24.6 Å². The van der Waals surface area contributed by atoms with Crippen molar-refractivity contribution in [1.82, 2.24) is 15.2 Å². The summed E-state index contributed by atoms with van der Waals surface area (Å²) in [6, 6.07) is -0.208. The monoisotopic (exact) mass is 283 g/mol. The minimum atomic E-state index is -0.840. The zero-order valence-corrected chi connectivity index (χ0v) is 11.6. The molecule has 7 heteroatoms. The van der Waals surface area contributed by atoms with Crippen molar-refractivity contribution >= 4 is 23.3 Å². The molecule has 1 atom stereocenters. The molecule has 6 nitrogen and oxygen atoms in total. The van der Waals surface area contributed by atoms with E-state index in [1.54, 1.807) is 23.5 Å². The summed E-state index contributed by atoms with van der Waals surface area (Å²) in [7, 11) is 0. The van der Waals surface area contributed by atoms with Crippen LogP contribution < -0.4 is 5.32 Å². The van der Waals surface area contributed by atoms with Crippen LogP contribution in [0.25, 0.3) is 0 Å². The van der Waals surface area contributed by atoms with Crippen LogP contribution in [0.2, 0.25) is 0 Å². The van der Waals surface area contributed by atoms with Gasteiger partial charge in [-0.1, -0.05) is 0 Å². The van der Waals surface area contributed by atoms with Crippen molar-refractivity contribution in [3.8, 4) is 0 Å². The maximum absolute atomic E-state index is 12.0. The molecule has 0 saturated carbocycles. The fourth-order valence-corrected chi connectivity index (χ4v) is 2.73. The van der Waals surface area contributed by atoms with Crippen LogP contribution >= 0.6 is 11.3 Å². The number of urea groups is 1. The molecule has 0 aliphatic carbocycles. The first-order valence-electron chi connectivity index (χ1n) is 6.15. The fraction of sp³-hybridized carbons (Fsp3) is 0.583. The van der Waals surface area contributed by atoms with Gasteiger partial charge in [-0.3, -0.25) is 9.78 Å². The number of thiazole rings is 1. The predicted molar refractivity (Wildman–Crippen MR) is 70.9 cm³/mol. The molecule has 2 N–H and O–H groups in total. The minimum Gasteiger partial charge on any atom is -0.481 e. The first-order chi connectivity index (χ1) is 9.01. The van der Waals surface area contributed by atoms with Gasteiger partial charge in [-0.15, -0.1) is 11.3 Å². The second kappa shape index (κ2) is 5.56. The average molecular weight is 283 g/mol. The van der Waals surface area contributed by atoms with Crippen molar-refractivity contribution in [2.75, 3.05) is 13.1 Å². The number of carbonyl (C=O) groups excluding carboxylic acids is 1. The molecule has 1 unspecified atom stereocenters. The number of amides is 2. The number of nitrogens with zero attached hydrogens (tertiary/aromatic N) is 2. The highest BCUT2D eigenvalue weighted by Crippen LogP contribution is 2.29. The van der Waals surface area contributed by atoms with E-state index < -0.39 is 11.4 Å². The van der Waals surface area contributed by atoms with E-state index in [9.17, 15) is 14.7 Å². The van der Waals surface area contributed by atoms with E-state index in [0.29, 0.717) is 19.5 Å². The van der Waals surface area contributed by atoms with Crippen LogP contribution in [0.15, 0.2) is 11.7 Å². The predicted octanol–water partition coefficient (Wildman–Crippen LogP) is 1.54. The molecule has 0 aromatic carbocycles. The van der Waals surface area contributed by atoms with Gasteiger partial charge in [-0.2, -0.15) is 0 Å². The van der Waals surface area contributed by atoms with Gasteiger partial charge in [-0.25, -0.2) is 4.79 Å². The molecule has 1 saturated heterocycles. The molecular formula is C12H17N3O3S. The highest BCUT2D eigenvalue weighted by atomic mass is 32.1. The van der Waals surface area contributed by atoms with Crippen molar-refractivity contribution in [1.29, 1.82) is 0 Å². The summed E-state index contributed by atoms with van der Waals surface area (Å²) in [5.74, 6) is -0.840. The second-order valence-electron chi connectivity index (χ2n) is 5.02. The number of likely N-dealkylation sites (tertiary alicyclic amines) is 1. The van der Waals surface area contributed by atoms with E-state index in [1.807, 2.05) is 0 Å². The summed E-state index contributed by atoms with van der Waals surface area (Å²) in [6.07, 6.45) is 3.04. The van der Waals surface area contributed by atoms with E-state index in [4.69, 9.17) is 0 Å². The number of piperidine rings is 1. The van der Waals surface area contributed by atoms with Crippen LogP contribution in [0.3, 0.4) is 0 Å². The standard InChI is InChI=1S/C12H17N3O3S/c1-12(10(16)17)3-2-4-15(7-12)11(18)14-6-9-5-13-8-19-9/h5,8H,2-4,6-7H2,1H3,(H,14,18)(H,16,17). The maximum atomic E-state index is 12.0. The fourth-order valence-electron chi connectivity index (χ4n) is 2.19. The highest BCUT2D eigenvalue weighted by molar-refractivity contribution is 7.09. The number of aliphatic carboxylic acids is 1. The van der Waals surface area contributed by atoms with E-state index in [2.05, 4.69) is 10.3 Å². The Labute approximate surface area is 115 Å². The molecule has 2 heterocycles. The van der Waals surface area contributed by atoms with Crippen LogP contribution in [-0.2, 0) is 11.3 Å². The van der Waals surface area contributed by atoms with Crippen LogP contribution in [0.4, 0.5) is 4.79 Å². The first-order valence-corrected chi connectivity index (χ1v) is 7.03.